The molecule has 1 atom stereocenters. The highest BCUT2D eigenvalue weighted by Crippen LogP contribution is 2.36. The van der Waals surface area contributed by atoms with E-state index in [1.807, 2.05) is 0 Å². The number of ether oxygens (including phenoxy) is 1. The number of fused-ring (bicyclic) bond motifs is 1. The number of halogens is 6. The first-order chi connectivity index (χ1) is 18.3. The average molecular weight is 604 g/mol. The third-order valence-corrected chi connectivity index (χ3v) is 6.08. The Morgan fingerprint density at radius 3 is 2.41 bits per heavy atom. The summed E-state index contributed by atoms with van der Waals surface area (Å²) in [6.07, 6.45) is -4.27. The molecule has 4 rings (SSSR count). The number of rotatable bonds is 8. The van der Waals surface area contributed by atoms with Crippen molar-refractivity contribution in [2.75, 3.05) is 5.73 Å². The number of benzene rings is 2. The third-order valence-electron chi connectivity index (χ3n) is 5.29. The zero-order valence-electron chi connectivity index (χ0n) is 19.4. The Morgan fingerprint density at radius 1 is 1.13 bits per heavy atom. The Bertz CT molecular complexity index is 1540. The second-order valence-corrected chi connectivity index (χ2v) is 9.36. The first-order valence-electron chi connectivity index (χ1n) is 10.8. The highest BCUT2D eigenvalue weighted by molar-refractivity contribution is 6.37. The highest BCUT2D eigenvalue weighted by Gasteiger charge is 2.40. The van der Waals surface area contributed by atoms with Crippen LogP contribution in [0.3, 0.4) is 0 Å². The number of nitrogens with zero attached hydrogens (tertiary/aromatic N) is 2. The molecule has 0 bridgehead atoms. The molecule has 4 N–H and O–H groups in total. The van der Waals surface area contributed by atoms with Gasteiger partial charge in [-0.3, -0.25) is 4.79 Å². The van der Waals surface area contributed by atoms with Gasteiger partial charge in [0.05, 0.1) is 15.6 Å². The number of nitrogens with two attached hydrogens (primary N) is 1. The van der Waals surface area contributed by atoms with Crippen molar-refractivity contribution in [2.24, 2.45) is 0 Å². The van der Waals surface area contributed by atoms with Crippen LogP contribution in [0.1, 0.15) is 11.1 Å². The Kier molecular flexibility index (Phi) is 8.09. The topological polar surface area (TPSA) is 141 Å². The zero-order chi connectivity index (χ0) is 28.5. The summed E-state index contributed by atoms with van der Waals surface area (Å²) in [5, 5.41) is 10.9. The van der Waals surface area contributed by atoms with E-state index in [0.29, 0.717) is 33.1 Å². The molecule has 4 aromatic rings. The van der Waals surface area contributed by atoms with Crippen LogP contribution in [0.25, 0.3) is 22.6 Å². The van der Waals surface area contributed by atoms with Gasteiger partial charge in [-0.1, -0.05) is 34.8 Å². The summed E-state index contributed by atoms with van der Waals surface area (Å²) < 4.78 is 49.4. The molecule has 39 heavy (non-hydrogen) atoms. The van der Waals surface area contributed by atoms with E-state index in [4.69, 9.17) is 49.7 Å². The summed E-state index contributed by atoms with van der Waals surface area (Å²) in [6, 6.07) is 7.15. The van der Waals surface area contributed by atoms with Crippen LogP contribution in [0.5, 0.6) is 5.75 Å². The number of anilines is 1. The summed E-state index contributed by atoms with van der Waals surface area (Å²) in [4.78, 5) is 31.0. The number of amides is 1. The molecule has 9 nitrogen and oxygen atoms in total. The van der Waals surface area contributed by atoms with Crippen LogP contribution >= 0.6 is 34.8 Å². The predicted molar refractivity (Wildman–Crippen MR) is 137 cm³/mol. The maximum atomic E-state index is 12.6. The number of aromatic nitrogens is 2. The number of carboxylic acid groups (broad SMARTS) is 1. The summed E-state index contributed by atoms with van der Waals surface area (Å²) in [7, 11) is 0. The quantitative estimate of drug-likeness (QED) is 0.172. The van der Waals surface area contributed by atoms with Crippen molar-refractivity contribution in [2.45, 2.75) is 25.2 Å². The number of nitrogens with one attached hydrogen (secondary N) is 1. The number of carbonyl (C=O) groups is 2. The van der Waals surface area contributed by atoms with Crippen molar-refractivity contribution >= 4 is 63.5 Å². The molecule has 0 saturated heterocycles. The van der Waals surface area contributed by atoms with Gasteiger partial charge in [0.15, 0.2) is 11.3 Å². The molecule has 2 aromatic carbocycles. The minimum absolute atomic E-state index is 0.0190. The van der Waals surface area contributed by atoms with Crippen LogP contribution in [0.15, 0.2) is 47.0 Å². The maximum absolute atomic E-state index is 12.6. The van der Waals surface area contributed by atoms with Crippen LogP contribution in [0.2, 0.25) is 15.2 Å². The summed E-state index contributed by atoms with van der Waals surface area (Å²) >= 11 is 18.4. The molecule has 2 aromatic heterocycles. The number of pyridine rings is 1. The monoisotopic (exact) mass is 602 g/mol. The second-order valence-electron chi connectivity index (χ2n) is 8.16. The molecular formula is C24H16Cl3F3N4O5. The Labute approximate surface area is 232 Å². The minimum atomic E-state index is -5.25. The molecule has 0 aliphatic rings. The molecule has 2 heterocycles. The van der Waals surface area contributed by atoms with Gasteiger partial charge in [0, 0.05) is 23.9 Å². The van der Waals surface area contributed by atoms with E-state index in [-0.39, 0.29) is 33.9 Å². The van der Waals surface area contributed by atoms with Gasteiger partial charge in [0.25, 0.3) is 0 Å². The van der Waals surface area contributed by atoms with Crippen molar-refractivity contribution < 1.29 is 37.0 Å². The average Bonchev–Trinajstić information content (AvgIpc) is 3.26. The van der Waals surface area contributed by atoms with Gasteiger partial charge in [0.1, 0.15) is 23.3 Å². The summed E-state index contributed by atoms with van der Waals surface area (Å²) in [5.41, 5.74) is 8.44. The molecule has 15 heteroatoms. The van der Waals surface area contributed by atoms with E-state index in [1.165, 1.54) is 23.6 Å². The van der Waals surface area contributed by atoms with Crippen LogP contribution in [0.4, 0.5) is 18.9 Å². The summed E-state index contributed by atoms with van der Waals surface area (Å²) in [6.45, 7) is -0.118. The number of alkyl halides is 3. The molecule has 1 amide bonds. The Balaban J connectivity index is 1.55. The number of carbonyl (C=O) groups excluding carboxylic acids is 1. The van der Waals surface area contributed by atoms with E-state index in [0.717, 1.165) is 0 Å². The van der Waals surface area contributed by atoms with E-state index >= 15 is 0 Å². The van der Waals surface area contributed by atoms with Gasteiger partial charge >= 0.3 is 18.1 Å². The molecule has 0 spiro atoms. The lowest BCUT2D eigenvalue weighted by Gasteiger charge is -2.17. The number of oxazole rings is 1. The van der Waals surface area contributed by atoms with Gasteiger partial charge in [-0.2, -0.15) is 13.2 Å². The molecule has 0 saturated carbocycles. The lowest BCUT2D eigenvalue weighted by Crippen LogP contribution is -2.47. The number of aliphatic carboxylic acids is 1. The normalized spacial score (nSPS) is 12.4. The van der Waals surface area contributed by atoms with Gasteiger partial charge in [-0.15, -0.1) is 0 Å². The van der Waals surface area contributed by atoms with Crippen molar-refractivity contribution in [1.82, 2.24) is 15.3 Å². The molecule has 0 unspecified atom stereocenters. The standard InChI is InChI=1S/C24H16Cl3F3N4O5/c25-14-3-10(5-17(22(35)36)34-23(37)24(28,29)30)4-15(26)20(14)38-9-12-6-13(31)7-16-19(12)39-21(33-16)11-1-2-18(27)32-8-11/h1-4,6-8,17H,5,9,31H2,(H,34,37)(H,35,36)/t17-/m0/s1. The van der Waals surface area contributed by atoms with E-state index < -0.39 is 30.5 Å². The van der Waals surface area contributed by atoms with E-state index in [2.05, 4.69) is 9.97 Å². The molecule has 0 radical (unpaired) electrons. The van der Waals surface area contributed by atoms with Gasteiger partial charge in [0.2, 0.25) is 5.89 Å². The Morgan fingerprint density at radius 2 is 1.82 bits per heavy atom. The highest BCUT2D eigenvalue weighted by atomic mass is 35.5. The summed E-state index contributed by atoms with van der Waals surface area (Å²) in [5.74, 6) is -3.77. The van der Waals surface area contributed by atoms with Crippen molar-refractivity contribution in [3.05, 3.63) is 68.9 Å². The first-order valence-corrected chi connectivity index (χ1v) is 12.0. The Hall–Kier alpha value is -3.74. The molecule has 0 aliphatic heterocycles. The van der Waals surface area contributed by atoms with Gasteiger partial charge in [-0.25, -0.2) is 14.8 Å². The fraction of sp³-hybridized carbons (Fsp3) is 0.167. The predicted octanol–water partition coefficient (Wildman–Crippen LogP) is 5.69. The SMILES string of the molecule is Nc1cc(COc2c(Cl)cc(C[C@H](NC(=O)C(F)(F)F)C(=O)O)cc2Cl)c2oc(-c3ccc(Cl)nc3)nc2c1. The number of hydrogen-bond donors (Lipinski definition) is 3. The fourth-order valence-electron chi connectivity index (χ4n) is 3.55. The minimum Gasteiger partial charge on any atom is -0.486 e. The lowest BCUT2D eigenvalue weighted by molar-refractivity contribution is -0.175. The molecule has 0 fully saturated rings. The van der Waals surface area contributed by atoms with Crippen LogP contribution in [0, 0.1) is 0 Å². The van der Waals surface area contributed by atoms with E-state index in [1.54, 1.807) is 24.3 Å². The van der Waals surface area contributed by atoms with Crippen molar-refractivity contribution in [1.29, 1.82) is 0 Å². The lowest BCUT2D eigenvalue weighted by atomic mass is 10.1. The van der Waals surface area contributed by atoms with Crippen molar-refractivity contribution in [3.8, 4) is 17.2 Å². The van der Waals surface area contributed by atoms with Crippen LogP contribution in [-0.4, -0.2) is 39.2 Å². The smallest absolute Gasteiger partial charge is 0.471 e. The first kappa shape index (κ1) is 28.3. The van der Waals surface area contributed by atoms with E-state index in [9.17, 15) is 27.9 Å². The second kappa shape index (κ2) is 11.2. The third kappa shape index (κ3) is 6.64. The molecule has 204 valence electrons. The molecular weight excluding hydrogens is 588 g/mol. The van der Waals surface area contributed by atoms with Gasteiger partial charge < -0.3 is 25.3 Å². The van der Waals surface area contributed by atoms with Gasteiger partial charge in [-0.05, 0) is 42.0 Å². The zero-order valence-corrected chi connectivity index (χ0v) is 21.6. The fourth-order valence-corrected chi connectivity index (χ4v) is 4.31. The van der Waals surface area contributed by atoms with Crippen molar-refractivity contribution in [3.63, 3.8) is 0 Å². The number of carboxylic acids is 1. The number of nitrogen functional groups attached to an aromatic ring is 1. The largest absolute Gasteiger partial charge is 0.486 e. The molecule has 0 aliphatic carbocycles. The van der Waals surface area contributed by atoms with Crippen LogP contribution < -0.4 is 15.8 Å². The maximum Gasteiger partial charge on any atom is 0.471 e. The number of hydrogen-bond acceptors (Lipinski definition) is 7. The van der Waals surface area contributed by atoms with Crippen LogP contribution in [-0.2, 0) is 22.6 Å².